The summed E-state index contributed by atoms with van der Waals surface area (Å²) in [4.78, 5) is 12.3. The van der Waals surface area contributed by atoms with Gasteiger partial charge in [0.15, 0.2) is 0 Å². The van der Waals surface area contributed by atoms with Crippen LogP contribution in [0.2, 0.25) is 5.02 Å². The Bertz CT molecular complexity index is 755. The van der Waals surface area contributed by atoms with Crippen LogP contribution >= 0.6 is 11.6 Å². The molecule has 6 heteroatoms. The zero-order valence-electron chi connectivity index (χ0n) is 12.1. The highest BCUT2D eigenvalue weighted by Crippen LogP contribution is 2.26. The average molecular weight is 306 g/mol. The molecule has 0 fully saturated rings. The molecule has 0 spiro atoms. The number of nitrogens with zero attached hydrogens (tertiary/aromatic N) is 2. The molecule has 5 nitrogen and oxygen atoms in total. The van der Waals surface area contributed by atoms with Crippen molar-refractivity contribution in [1.29, 1.82) is 0 Å². The van der Waals surface area contributed by atoms with Gasteiger partial charge in [-0.2, -0.15) is 5.10 Å². The molecule has 2 aromatic heterocycles. The first-order valence-corrected chi connectivity index (χ1v) is 6.84. The molecule has 0 saturated carbocycles. The molecule has 0 amide bonds. The summed E-state index contributed by atoms with van der Waals surface area (Å²) in [5.74, 6) is 4.01. The maximum absolute atomic E-state index is 12.3. The molecule has 0 bridgehead atoms. The van der Waals surface area contributed by atoms with Crippen LogP contribution in [0.5, 0.6) is 0 Å². The van der Waals surface area contributed by atoms with Gasteiger partial charge in [0.25, 0.3) is 5.56 Å². The molecule has 1 unspecified atom stereocenters. The number of furan rings is 1. The van der Waals surface area contributed by atoms with Crippen LogP contribution in [0.15, 0.2) is 21.5 Å². The second-order valence-corrected chi connectivity index (χ2v) is 5.18. The predicted octanol–water partition coefficient (Wildman–Crippen LogP) is 2.91. The van der Waals surface area contributed by atoms with Crippen LogP contribution in [-0.4, -0.2) is 9.78 Å². The van der Waals surface area contributed by atoms with Gasteiger partial charge < -0.3 is 9.73 Å². The third-order valence-electron chi connectivity index (χ3n) is 3.15. The van der Waals surface area contributed by atoms with E-state index >= 15 is 0 Å². The van der Waals surface area contributed by atoms with Gasteiger partial charge in [0.2, 0.25) is 0 Å². The summed E-state index contributed by atoms with van der Waals surface area (Å²) in [5.41, 5.74) is 0.918. The highest BCUT2D eigenvalue weighted by Gasteiger charge is 2.17. The lowest BCUT2D eigenvalue weighted by Gasteiger charge is -2.15. The summed E-state index contributed by atoms with van der Waals surface area (Å²) < 4.78 is 6.69. The number of aryl methyl sites for hydroxylation is 2. The van der Waals surface area contributed by atoms with Crippen LogP contribution in [0.4, 0.5) is 5.69 Å². The van der Waals surface area contributed by atoms with Gasteiger partial charge in [-0.1, -0.05) is 17.5 Å². The number of hydrogen-bond acceptors (Lipinski definition) is 4. The molecule has 0 aliphatic heterocycles. The molecule has 2 heterocycles. The fraction of sp³-hybridized carbons (Fsp3) is 0.333. The molecule has 0 radical (unpaired) electrons. The molecular formula is C15H16ClN3O2. The maximum atomic E-state index is 12.3. The van der Waals surface area contributed by atoms with E-state index in [-0.39, 0.29) is 28.9 Å². The van der Waals surface area contributed by atoms with Crippen molar-refractivity contribution in [3.8, 4) is 12.3 Å². The Hall–Kier alpha value is -2.19. The third kappa shape index (κ3) is 3.11. The minimum Gasteiger partial charge on any atom is -0.466 e. The fourth-order valence-corrected chi connectivity index (χ4v) is 2.35. The van der Waals surface area contributed by atoms with Crippen LogP contribution in [0, 0.1) is 26.2 Å². The first-order valence-electron chi connectivity index (χ1n) is 6.46. The van der Waals surface area contributed by atoms with Gasteiger partial charge in [-0.25, -0.2) is 4.68 Å². The number of hydrogen-bond donors (Lipinski definition) is 1. The van der Waals surface area contributed by atoms with Crippen molar-refractivity contribution in [1.82, 2.24) is 9.78 Å². The predicted molar refractivity (Wildman–Crippen MR) is 82.6 cm³/mol. The van der Waals surface area contributed by atoms with Gasteiger partial charge in [-0.05, 0) is 26.8 Å². The standard InChI is InChI=1S/C15H16ClN3O2/c1-5-6-19-15(20)14(13(16)8-17-19)18-10(3)12-7-9(2)21-11(12)4/h1,7-8,10,18H,6H2,2-4H3. The molecule has 21 heavy (non-hydrogen) atoms. The zero-order valence-corrected chi connectivity index (χ0v) is 12.9. The molecule has 2 rings (SSSR count). The minimum absolute atomic E-state index is 0.100. The van der Waals surface area contributed by atoms with Crippen LogP contribution in [-0.2, 0) is 6.54 Å². The van der Waals surface area contributed by atoms with Crippen molar-refractivity contribution >= 4 is 17.3 Å². The Morgan fingerprint density at radius 2 is 2.29 bits per heavy atom. The molecule has 0 aromatic carbocycles. The zero-order chi connectivity index (χ0) is 15.6. The molecular weight excluding hydrogens is 290 g/mol. The Kier molecular flexibility index (Phi) is 4.39. The summed E-state index contributed by atoms with van der Waals surface area (Å²) in [7, 11) is 0. The number of anilines is 1. The molecule has 1 N–H and O–H groups in total. The van der Waals surface area contributed by atoms with E-state index in [4.69, 9.17) is 22.4 Å². The lowest BCUT2D eigenvalue weighted by Crippen LogP contribution is -2.26. The second kappa shape index (κ2) is 6.06. The van der Waals surface area contributed by atoms with Gasteiger partial charge in [-0.15, -0.1) is 6.42 Å². The summed E-state index contributed by atoms with van der Waals surface area (Å²) in [6, 6.07) is 1.80. The summed E-state index contributed by atoms with van der Waals surface area (Å²) in [6.45, 7) is 5.79. The summed E-state index contributed by atoms with van der Waals surface area (Å²) in [6.07, 6.45) is 6.62. The smallest absolute Gasteiger partial charge is 0.292 e. The molecule has 1 atom stereocenters. The highest BCUT2D eigenvalue weighted by atomic mass is 35.5. The van der Waals surface area contributed by atoms with E-state index in [1.165, 1.54) is 10.9 Å². The summed E-state index contributed by atoms with van der Waals surface area (Å²) >= 11 is 6.06. The number of aromatic nitrogens is 2. The van der Waals surface area contributed by atoms with Gasteiger partial charge in [0, 0.05) is 5.56 Å². The quantitative estimate of drug-likeness (QED) is 0.882. The van der Waals surface area contributed by atoms with E-state index in [9.17, 15) is 4.79 Å². The monoisotopic (exact) mass is 305 g/mol. The highest BCUT2D eigenvalue weighted by molar-refractivity contribution is 6.33. The lowest BCUT2D eigenvalue weighted by atomic mass is 10.1. The first-order chi connectivity index (χ1) is 9.93. The van der Waals surface area contributed by atoms with E-state index in [1.54, 1.807) is 0 Å². The minimum atomic E-state index is -0.342. The van der Waals surface area contributed by atoms with E-state index < -0.39 is 0 Å². The van der Waals surface area contributed by atoms with Crippen LogP contribution < -0.4 is 10.9 Å². The van der Waals surface area contributed by atoms with E-state index in [0.29, 0.717) is 0 Å². The van der Waals surface area contributed by atoms with Crippen molar-refractivity contribution < 1.29 is 4.42 Å². The average Bonchev–Trinajstić information content (AvgIpc) is 2.77. The maximum Gasteiger partial charge on any atom is 0.292 e. The van der Waals surface area contributed by atoms with Crippen molar-refractivity contribution in [2.45, 2.75) is 33.4 Å². The van der Waals surface area contributed by atoms with Gasteiger partial charge in [0.1, 0.15) is 23.8 Å². The molecule has 2 aromatic rings. The van der Waals surface area contributed by atoms with Crippen molar-refractivity contribution in [3.05, 3.63) is 44.7 Å². The molecule has 110 valence electrons. The van der Waals surface area contributed by atoms with E-state index in [0.717, 1.165) is 17.1 Å². The van der Waals surface area contributed by atoms with Crippen LogP contribution in [0.1, 0.15) is 30.0 Å². The van der Waals surface area contributed by atoms with E-state index in [1.807, 2.05) is 26.8 Å². The Morgan fingerprint density at radius 1 is 1.57 bits per heavy atom. The normalized spacial score (nSPS) is 12.0. The number of nitrogens with one attached hydrogen (secondary N) is 1. The topological polar surface area (TPSA) is 60.1 Å². The second-order valence-electron chi connectivity index (χ2n) is 4.77. The van der Waals surface area contributed by atoms with Gasteiger partial charge in [-0.3, -0.25) is 4.79 Å². The Morgan fingerprint density at radius 3 is 2.86 bits per heavy atom. The Labute approximate surface area is 127 Å². The van der Waals surface area contributed by atoms with Gasteiger partial charge in [0.05, 0.1) is 17.3 Å². The van der Waals surface area contributed by atoms with Crippen LogP contribution in [0.3, 0.4) is 0 Å². The third-order valence-corrected chi connectivity index (χ3v) is 3.43. The SMILES string of the molecule is C#CCn1ncc(Cl)c(NC(C)c2cc(C)oc2C)c1=O. The number of halogens is 1. The van der Waals surface area contributed by atoms with E-state index in [2.05, 4.69) is 16.3 Å². The largest absolute Gasteiger partial charge is 0.466 e. The van der Waals surface area contributed by atoms with Crippen molar-refractivity contribution in [2.24, 2.45) is 0 Å². The Balaban J connectivity index is 2.35. The molecule has 0 aliphatic carbocycles. The number of rotatable bonds is 4. The molecule has 0 saturated heterocycles. The number of terminal acetylenes is 1. The fourth-order valence-electron chi connectivity index (χ4n) is 2.17. The van der Waals surface area contributed by atoms with Crippen molar-refractivity contribution in [2.75, 3.05) is 5.32 Å². The first kappa shape index (κ1) is 15.2. The van der Waals surface area contributed by atoms with Crippen LogP contribution in [0.25, 0.3) is 0 Å². The lowest BCUT2D eigenvalue weighted by molar-refractivity contribution is 0.499. The van der Waals surface area contributed by atoms with Crippen molar-refractivity contribution in [3.63, 3.8) is 0 Å². The molecule has 0 aliphatic rings. The van der Waals surface area contributed by atoms with Gasteiger partial charge >= 0.3 is 0 Å². The summed E-state index contributed by atoms with van der Waals surface area (Å²) in [5, 5.41) is 7.28.